The molecule has 0 amide bonds. The number of benzene rings is 2. The van der Waals surface area contributed by atoms with Crippen molar-refractivity contribution in [3.8, 4) is 15.5 Å². The standard InChI is InChI=1S/C24H13F6OS2.3C4H9.Sn/c1-13-12-19-21(33-13)20-18(10-11-32-20)22(31-19,14-2-6-16(7-3-14)23(25,26)27)15-4-8-17(9-5-15)24(28,29)30;3*1-3-4-2;/h2-10,12H,1H3;3*1,3-4H2,2H3;. The predicted molar refractivity (Wildman–Crippen MR) is 180 cm³/mol. The molecule has 1 aliphatic rings. The number of hydrogen-bond donors (Lipinski definition) is 0. The van der Waals surface area contributed by atoms with Crippen LogP contribution in [0.4, 0.5) is 26.3 Å². The third-order valence-corrected chi connectivity index (χ3v) is 29.7. The van der Waals surface area contributed by atoms with Gasteiger partial charge < -0.3 is 0 Å². The van der Waals surface area contributed by atoms with Crippen molar-refractivity contribution in [2.45, 2.75) is 97.5 Å². The number of thiophene rings is 2. The zero-order chi connectivity index (χ0) is 33.3. The summed E-state index contributed by atoms with van der Waals surface area (Å²) in [7, 11) is 0. The van der Waals surface area contributed by atoms with E-state index in [1.165, 1.54) is 40.5 Å². The van der Waals surface area contributed by atoms with Crippen LogP contribution in [0, 0.1) is 6.92 Å². The van der Waals surface area contributed by atoms with E-state index >= 15 is 0 Å². The Morgan fingerprint density at radius 3 is 1.52 bits per heavy atom. The van der Waals surface area contributed by atoms with E-state index in [-0.39, 0.29) is 0 Å². The Balaban J connectivity index is 1.81. The van der Waals surface area contributed by atoms with Gasteiger partial charge in [-0.2, -0.15) is 0 Å². The number of ether oxygens (including phenoxy) is 1. The molecule has 5 rings (SSSR count). The van der Waals surface area contributed by atoms with Crippen molar-refractivity contribution in [1.29, 1.82) is 0 Å². The maximum atomic E-state index is 13.7. The van der Waals surface area contributed by atoms with Crippen molar-refractivity contribution in [3.05, 3.63) is 93.4 Å². The molecule has 248 valence electrons. The summed E-state index contributed by atoms with van der Waals surface area (Å²) in [6.45, 7) is 8.67. The average Bonchev–Trinajstić information content (AvgIpc) is 3.64. The number of alkyl halides is 6. The van der Waals surface area contributed by atoms with Crippen LogP contribution in [-0.4, -0.2) is 18.4 Å². The first-order chi connectivity index (χ1) is 21.8. The SMILES string of the molecule is CCC[CH2][Sn]([CH2]CCC)([CH2]CCC)[c]1cc2c(s1)-c1sc(C)cc1OC2(c1ccc(C(F)(F)F)cc1)c1ccc(C(F)(F)F)cc1. The summed E-state index contributed by atoms with van der Waals surface area (Å²) in [5.41, 5.74) is -1.26. The minimum absolute atomic E-state index is 0.455. The summed E-state index contributed by atoms with van der Waals surface area (Å²) < 4.78 is 94.2. The second kappa shape index (κ2) is 13.9. The van der Waals surface area contributed by atoms with E-state index in [1.807, 2.05) is 24.3 Å². The quantitative estimate of drug-likeness (QED) is 0.103. The molecule has 0 unspecified atom stereocenters. The summed E-state index contributed by atoms with van der Waals surface area (Å²) in [5.74, 6) is 0.611. The van der Waals surface area contributed by atoms with Gasteiger partial charge in [-0.05, 0) is 0 Å². The van der Waals surface area contributed by atoms with Crippen molar-refractivity contribution in [1.82, 2.24) is 0 Å². The number of rotatable bonds is 12. The van der Waals surface area contributed by atoms with Gasteiger partial charge in [0, 0.05) is 0 Å². The molecule has 1 nitrogen and oxygen atoms in total. The second-order valence-corrected chi connectivity index (χ2v) is 28.9. The molecule has 2 aromatic heterocycles. The molecule has 0 aliphatic carbocycles. The van der Waals surface area contributed by atoms with Crippen LogP contribution < -0.4 is 7.63 Å². The van der Waals surface area contributed by atoms with Crippen LogP contribution in [0.2, 0.25) is 13.3 Å². The Bertz CT molecular complexity index is 1540. The molecule has 1 aliphatic heterocycles. The number of halogens is 6. The normalized spacial score (nSPS) is 14.6. The molecule has 3 heterocycles. The van der Waals surface area contributed by atoms with Crippen LogP contribution in [0.15, 0.2) is 60.7 Å². The van der Waals surface area contributed by atoms with Gasteiger partial charge in [0.2, 0.25) is 0 Å². The maximum absolute atomic E-state index is 13.7. The zero-order valence-electron chi connectivity index (χ0n) is 26.6. The van der Waals surface area contributed by atoms with Gasteiger partial charge in [-0.3, -0.25) is 0 Å². The molecule has 0 atom stereocenters. The topological polar surface area (TPSA) is 9.23 Å². The summed E-state index contributed by atoms with van der Waals surface area (Å²) in [4.78, 5) is 3.04. The molecule has 4 aromatic rings. The zero-order valence-corrected chi connectivity index (χ0v) is 31.1. The van der Waals surface area contributed by atoms with Crippen molar-refractivity contribution in [2.75, 3.05) is 0 Å². The third kappa shape index (κ3) is 6.79. The second-order valence-electron chi connectivity index (χ2n) is 12.4. The molecule has 10 heteroatoms. The van der Waals surface area contributed by atoms with Crippen LogP contribution in [-0.2, 0) is 18.0 Å². The Labute approximate surface area is 279 Å². The van der Waals surface area contributed by atoms with E-state index in [9.17, 15) is 26.3 Å². The number of fused-ring (bicyclic) bond motifs is 3. The molecule has 0 bridgehead atoms. The van der Waals surface area contributed by atoms with E-state index in [4.69, 9.17) is 4.74 Å². The molecule has 2 aromatic carbocycles. The molecule has 0 radical (unpaired) electrons. The van der Waals surface area contributed by atoms with Crippen LogP contribution in [0.1, 0.15) is 92.0 Å². The van der Waals surface area contributed by atoms with Crippen LogP contribution in [0.5, 0.6) is 5.75 Å². The van der Waals surface area contributed by atoms with Crippen molar-refractivity contribution >= 4 is 43.9 Å². The van der Waals surface area contributed by atoms with Gasteiger partial charge in [0.15, 0.2) is 0 Å². The molecule has 0 saturated heterocycles. The van der Waals surface area contributed by atoms with Crippen molar-refractivity contribution < 1.29 is 31.1 Å². The molecule has 0 saturated carbocycles. The van der Waals surface area contributed by atoms with Crippen LogP contribution in [0.3, 0.4) is 0 Å². The van der Waals surface area contributed by atoms with E-state index in [0.717, 1.165) is 83.0 Å². The summed E-state index contributed by atoms with van der Waals surface area (Å²) in [6.07, 6.45) is -2.24. The summed E-state index contributed by atoms with van der Waals surface area (Å²) >= 11 is 0.422. The van der Waals surface area contributed by atoms with Gasteiger partial charge >= 0.3 is 281 Å². The summed E-state index contributed by atoms with van der Waals surface area (Å²) in [6, 6.07) is 14.1. The van der Waals surface area contributed by atoms with E-state index in [1.54, 1.807) is 11.3 Å². The first-order valence-corrected chi connectivity index (χ1v) is 25.2. The van der Waals surface area contributed by atoms with Gasteiger partial charge in [-0.15, -0.1) is 0 Å². The predicted octanol–water partition coefficient (Wildman–Crippen LogP) is 12.6. The van der Waals surface area contributed by atoms with E-state index in [0.29, 0.717) is 16.9 Å². The fraction of sp³-hybridized carbons (Fsp3) is 0.444. The molecular weight excluding hydrogens is 745 g/mol. The monoisotopic (exact) mass is 786 g/mol. The third-order valence-electron chi connectivity index (χ3n) is 9.19. The van der Waals surface area contributed by atoms with Gasteiger partial charge in [0.1, 0.15) is 0 Å². The fourth-order valence-corrected chi connectivity index (χ4v) is 28.1. The molecule has 0 spiro atoms. The number of unbranched alkanes of at least 4 members (excludes halogenated alkanes) is 3. The van der Waals surface area contributed by atoms with Gasteiger partial charge in [0.25, 0.3) is 0 Å². The number of hydrogen-bond acceptors (Lipinski definition) is 3. The Kier molecular flexibility index (Phi) is 10.6. The fourth-order valence-electron chi connectivity index (χ4n) is 6.70. The Morgan fingerprint density at radius 1 is 0.652 bits per heavy atom. The average molecular weight is 786 g/mol. The van der Waals surface area contributed by atoms with E-state index in [2.05, 4.69) is 26.8 Å². The summed E-state index contributed by atoms with van der Waals surface area (Å²) in [5, 5.41) is 0. The number of aryl methyl sites for hydroxylation is 1. The first-order valence-electron chi connectivity index (χ1n) is 16.1. The first kappa shape index (κ1) is 35.3. The van der Waals surface area contributed by atoms with Crippen molar-refractivity contribution in [3.63, 3.8) is 0 Å². The molecule has 0 fully saturated rings. The van der Waals surface area contributed by atoms with E-state index < -0.39 is 47.5 Å². The van der Waals surface area contributed by atoms with Gasteiger partial charge in [0.05, 0.1) is 0 Å². The molecule has 46 heavy (non-hydrogen) atoms. The minimum atomic E-state index is -4.53. The van der Waals surface area contributed by atoms with Crippen molar-refractivity contribution in [2.24, 2.45) is 0 Å². The Hall–Kier alpha value is -1.98. The van der Waals surface area contributed by atoms with Crippen LogP contribution in [0.25, 0.3) is 9.75 Å². The van der Waals surface area contributed by atoms with Gasteiger partial charge in [-0.25, -0.2) is 0 Å². The molecular formula is C36H40F6OS2Sn. The van der Waals surface area contributed by atoms with Gasteiger partial charge in [-0.1, -0.05) is 0 Å². The Morgan fingerprint density at radius 2 is 1.11 bits per heavy atom. The molecule has 0 N–H and O–H groups in total. The van der Waals surface area contributed by atoms with Crippen LogP contribution >= 0.6 is 22.7 Å².